The van der Waals surface area contributed by atoms with E-state index in [1.165, 1.54) is 12.1 Å². The lowest BCUT2D eigenvalue weighted by Crippen LogP contribution is -2.20. The molecule has 0 aliphatic heterocycles. The summed E-state index contributed by atoms with van der Waals surface area (Å²) < 4.78 is 19.3. The zero-order valence-electron chi connectivity index (χ0n) is 27.6. The molecule has 0 bridgehead atoms. The number of nitrogens with two attached hydrogens (primary N) is 3. The maximum atomic E-state index is 13.7. The van der Waals surface area contributed by atoms with Gasteiger partial charge in [-0.05, 0) is 37.2 Å². The molecule has 0 saturated heterocycles. The van der Waals surface area contributed by atoms with Crippen LogP contribution in [0.1, 0.15) is 33.1 Å². The minimum Gasteiger partial charge on any atom is -0.491 e. The minimum atomic E-state index is -0.643. The van der Waals surface area contributed by atoms with Gasteiger partial charge in [0.15, 0.2) is 0 Å². The summed E-state index contributed by atoms with van der Waals surface area (Å²) >= 11 is 0. The summed E-state index contributed by atoms with van der Waals surface area (Å²) in [5.74, 6) is 0.335. The Morgan fingerprint density at radius 2 is 1.24 bits per heavy atom. The van der Waals surface area contributed by atoms with Gasteiger partial charge >= 0.3 is 0 Å². The Bertz CT molecular complexity index is 2030. The average Bonchev–Trinajstić information content (AvgIpc) is 3.61. The standard InChI is InChI=1S/C35H37N11O5/c36-10-5-13-46-20-22(44-45-46)21-51-23-16-28(34(47)42-32-18-30(49-14-11-37)24-6-1-3-8-26(24)40-32)39-29(17-23)35(48)43-33-19-31(50-15-12-38)25-7-2-4-9-27(25)41-33/h1-4,6-9,16-20H,5,10-15,21,36-38H2,(H,40,42,47)(H,41,43,48). The van der Waals surface area contributed by atoms with E-state index in [-0.39, 0.29) is 48.6 Å². The van der Waals surface area contributed by atoms with E-state index >= 15 is 0 Å². The van der Waals surface area contributed by atoms with Crippen molar-refractivity contribution in [3.05, 3.63) is 96.1 Å². The first-order chi connectivity index (χ1) is 24.9. The Balaban J connectivity index is 1.30. The number of benzene rings is 2. The fraction of sp³-hybridized carbons (Fsp3) is 0.229. The molecule has 0 atom stereocenters. The maximum absolute atomic E-state index is 13.7. The number of ether oxygens (including phenoxy) is 3. The average molecular weight is 692 g/mol. The largest absolute Gasteiger partial charge is 0.491 e. The van der Waals surface area contributed by atoms with E-state index in [0.29, 0.717) is 54.4 Å². The summed E-state index contributed by atoms with van der Waals surface area (Å²) in [4.78, 5) is 40.9. The monoisotopic (exact) mass is 691 g/mol. The van der Waals surface area contributed by atoms with Crippen molar-refractivity contribution in [2.24, 2.45) is 17.2 Å². The van der Waals surface area contributed by atoms with Crippen molar-refractivity contribution in [1.29, 1.82) is 0 Å². The third kappa shape index (κ3) is 8.69. The van der Waals surface area contributed by atoms with Crippen LogP contribution in [0.15, 0.2) is 79.0 Å². The molecule has 0 spiro atoms. The molecule has 0 saturated carbocycles. The second-order valence-electron chi connectivity index (χ2n) is 11.2. The lowest BCUT2D eigenvalue weighted by molar-refractivity contribution is 0.101. The number of rotatable bonds is 16. The fourth-order valence-electron chi connectivity index (χ4n) is 5.10. The number of anilines is 2. The second-order valence-corrected chi connectivity index (χ2v) is 11.2. The van der Waals surface area contributed by atoms with Gasteiger partial charge in [-0.3, -0.25) is 14.3 Å². The number of amides is 2. The summed E-state index contributed by atoms with van der Waals surface area (Å²) in [6.45, 7) is 2.30. The summed E-state index contributed by atoms with van der Waals surface area (Å²) in [5, 5.41) is 15.3. The first-order valence-corrected chi connectivity index (χ1v) is 16.3. The van der Waals surface area contributed by atoms with Crippen molar-refractivity contribution in [3.63, 3.8) is 0 Å². The highest BCUT2D eigenvalue weighted by atomic mass is 16.5. The molecule has 262 valence electrons. The number of para-hydroxylation sites is 2. The van der Waals surface area contributed by atoms with Crippen molar-refractivity contribution in [2.75, 3.05) is 43.5 Å². The predicted octanol–water partition coefficient (Wildman–Crippen LogP) is 2.88. The van der Waals surface area contributed by atoms with Crippen LogP contribution in [0.2, 0.25) is 0 Å². The molecule has 16 heteroatoms. The molecule has 2 aromatic carbocycles. The van der Waals surface area contributed by atoms with E-state index in [4.69, 9.17) is 31.4 Å². The molecule has 6 rings (SSSR count). The SMILES string of the molecule is NCCCn1cc(COc2cc(C(=O)Nc3cc(OCCN)c4ccccc4n3)nc(C(=O)Nc3cc(OCCN)c4ccccc4n3)c2)nn1. The molecule has 16 nitrogen and oxygen atoms in total. The van der Waals surface area contributed by atoms with Gasteiger partial charge in [0, 0.05) is 54.7 Å². The highest BCUT2D eigenvalue weighted by Gasteiger charge is 2.19. The Kier molecular flexibility index (Phi) is 11.2. The molecular weight excluding hydrogens is 654 g/mol. The van der Waals surface area contributed by atoms with Crippen LogP contribution in [0, 0.1) is 0 Å². The number of hydrogen-bond acceptors (Lipinski definition) is 13. The van der Waals surface area contributed by atoms with Crippen molar-refractivity contribution < 1.29 is 23.8 Å². The van der Waals surface area contributed by atoms with Gasteiger partial charge in [0.05, 0.1) is 17.2 Å². The number of carbonyl (C=O) groups is 2. The van der Waals surface area contributed by atoms with Crippen LogP contribution >= 0.6 is 0 Å². The number of hydrogen-bond donors (Lipinski definition) is 5. The molecule has 4 aromatic heterocycles. The van der Waals surface area contributed by atoms with E-state index in [2.05, 4.69) is 35.9 Å². The fourth-order valence-corrected chi connectivity index (χ4v) is 5.10. The molecule has 8 N–H and O–H groups in total. The summed E-state index contributed by atoms with van der Waals surface area (Å²) in [6, 6.07) is 20.8. The van der Waals surface area contributed by atoms with E-state index in [1.807, 2.05) is 36.4 Å². The van der Waals surface area contributed by atoms with Gasteiger partial charge in [0.1, 0.15) is 65.8 Å². The number of aromatic nitrogens is 6. The van der Waals surface area contributed by atoms with Gasteiger partial charge in [0.2, 0.25) is 0 Å². The first-order valence-electron chi connectivity index (χ1n) is 16.3. The molecule has 0 unspecified atom stereocenters. The van der Waals surface area contributed by atoms with Gasteiger partial charge in [-0.2, -0.15) is 0 Å². The quantitative estimate of drug-likeness (QED) is 0.0984. The van der Waals surface area contributed by atoms with Gasteiger partial charge in [0.25, 0.3) is 11.8 Å². The van der Waals surface area contributed by atoms with Gasteiger partial charge < -0.3 is 42.0 Å². The topological polar surface area (TPSA) is 233 Å². The molecule has 0 aliphatic rings. The van der Waals surface area contributed by atoms with E-state index in [0.717, 1.165) is 17.2 Å². The molecule has 51 heavy (non-hydrogen) atoms. The second kappa shape index (κ2) is 16.4. The Morgan fingerprint density at radius 1 is 0.686 bits per heavy atom. The van der Waals surface area contributed by atoms with Crippen LogP contribution in [0.3, 0.4) is 0 Å². The zero-order valence-corrected chi connectivity index (χ0v) is 27.6. The number of carbonyl (C=O) groups excluding carboxylic acids is 2. The Morgan fingerprint density at radius 3 is 1.76 bits per heavy atom. The number of pyridine rings is 3. The van der Waals surface area contributed by atoms with Crippen molar-refractivity contribution >= 4 is 45.3 Å². The Labute approximate surface area is 292 Å². The molecule has 0 radical (unpaired) electrons. The predicted molar refractivity (Wildman–Crippen MR) is 191 cm³/mol. The van der Waals surface area contributed by atoms with E-state index < -0.39 is 11.8 Å². The van der Waals surface area contributed by atoms with E-state index in [1.54, 1.807) is 35.1 Å². The zero-order chi connectivity index (χ0) is 35.6. The van der Waals surface area contributed by atoms with Gasteiger partial charge in [-0.15, -0.1) is 5.10 Å². The lowest BCUT2D eigenvalue weighted by atomic mass is 10.2. The van der Waals surface area contributed by atoms with Gasteiger partial charge in [-0.25, -0.2) is 15.0 Å². The van der Waals surface area contributed by atoms with Crippen molar-refractivity contribution in [1.82, 2.24) is 29.9 Å². The summed E-state index contributed by atoms with van der Waals surface area (Å²) in [7, 11) is 0. The van der Waals surface area contributed by atoms with Crippen LogP contribution < -0.4 is 42.0 Å². The molecule has 0 fully saturated rings. The number of nitrogens with one attached hydrogen (secondary N) is 2. The number of nitrogens with zero attached hydrogens (tertiary/aromatic N) is 6. The molecular formula is C35H37N11O5. The van der Waals surface area contributed by atoms with Gasteiger partial charge in [-0.1, -0.05) is 29.5 Å². The van der Waals surface area contributed by atoms with Crippen LogP contribution in [-0.2, 0) is 13.2 Å². The van der Waals surface area contributed by atoms with Crippen LogP contribution in [0.25, 0.3) is 21.8 Å². The van der Waals surface area contributed by atoms with Crippen LogP contribution in [0.4, 0.5) is 11.6 Å². The molecule has 6 aromatic rings. The molecule has 4 heterocycles. The smallest absolute Gasteiger partial charge is 0.275 e. The number of aryl methyl sites for hydroxylation is 1. The van der Waals surface area contributed by atoms with Crippen molar-refractivity contribution in [3.8, 4) is 17.2 Å². The summed E-state index contributed by atoms with van der Waals surface area (Å²) in [5.41, 5.74) is 18.4. The molecule has 2 amide bonds. The third-order valence-electron chi connectivity index (χ3n) is 7.42. The third-order valence-corrected chi connectivity index (χ3v) is 7.42. The van der Waals surface area contributed by atoms with Crippen LogP contribution in [0.5, 0.6) is 17.2 Å². The number of fused-ring (bicyclic) bond motifs is 2. The summed E-state index contributed by atoms with van der Waals surface area (Å²) in [6.07, 6.45) is 2.48. The first kappa shape index (κ1) is 34.6. The minimum absolute atomic E-state index is 0.0108. The van der Waals surface area contributed by atoms with E-state index in [9.17, 15) is 9.59 Å². The van der Waals surface area contributed by atoms with Crippen LogP contribution in [-0.4, -0.2) is 74.6 Å². The normalized spacial score (nSPS) is 11.0. The highest BCUT2D eigenvalue weighted by Crippen LogP contribution is 2.29. The Hall–Kier alpha value is -6.23. The lowest BCUT2D eigenvalue weighted by Gasteiger charge is -2.13. The van der Waals surface area contributed by atoms with Crippen molar-refractivity contribution in [2.45, 2.75) is 19.6 Å². The highest BCUT2D eigenvalue weighted by molar-refractivity contribution is 6.07. The maximum Gasteiger partial charge on any atom is 0.275 e. The molecule has 0 aliphatic carbocycles.